The SMILES string of the molecule is Cl.NC1CC(O)CC1C(=O)O. The number of aliphatic hydroxyl groups excluding tert-OH is 1. The van der Waals surface area contributed by atoms with E-state index in [9.17, 15) is 4.79 Å². The van der Waals surface area contributed by atoms with Gasteiger partial charge in [0.1, 0.15) is 0 Å². The Morgan fingerprint density at radius 3 is 2.18 bits per heavy atom. The zero-order valence-corrected chi connectivity index (χ0v) is 6.75. The van der Waals surface area contributed by atoms with Crippen molar-refractivity contribution in [2.75, 3.05) is 0 Å². The van der Waals surface area contributed by atoms with Gasteiger partial charge in [-0.05, 0) is 12.8 Å². The van der Waals surface area contributed by atoms with Gasteiger partial charge in [-0.2, -0.15) is 0 Å². The summed E-state index contributed by atoms with van der Waals surface area (Å²) >= 11 is 0. The molecule has 5 heteroatoms. The minimum Gasteiger partial charge on any atom is -0.481 e. The molecule has 0 spiro atoms. The van der Waals surface area contributed by atoms with Crippen molar-refractivity contribution in [3.05, 3.63) is 0 Å². The van der Waals surface area contributed by atoms with E-state index >= 15 is 0 Å². The number of hydrogen-bond donors (Lipinski definition) is 3. The van der Waals surface area contributed by atoms with E-state index < -0.39 is 18.0 Å². The first-order valence-corrected chi connectivity index (χ1v) is 3.27. The maximum atomic E-state index is 10.4. The fourth-order valence-electron chi connectivity index (χ4n) is 1.33. The van der Waals surface area contributed by atoms with E-state index in [2.05, 4.69) is 0 Å². The van der Waals surface area contributed by atoms with Gasteiger partial charge in [-0.3, -0.25) is 4.79 Å². The summed E-state index contributed by atoms with van der Waals surface area (Å²) in [6.45, 7) is 0. The van der Waals surface area contributed by atoms with Crippen LogP contribution in [0.25, 0.3) is 0 Å². The lowest BCUT2D eigenvalue weighted by Gasteiger charge is -2.07. The van der Waals surface area contributed by atoms with Gasteiger partial charge in [0.15, 0.2) is 0 Å². The first-order chi connectivity index (χ1) is 4.61. The third-order valence-electron chi connectivity index (χ3n) is 1.90. The van der Waals surface area contributed by atoms with Gasteiger partial charge in [0, 0.05) is 6.04 Å². The minimum absolute atomic E-state index is 0. The molecular weight excluding hydrogens is 170 g/mol. The molecule has 1 aliphatic carbocycles. The van der Waals surface area contributed by atoms with Crippen LogP contribution < -0.4 is 5.73 Å². The van der Waals surface area contributed by atoms with Crippen LogP contribution in [0.4, 0.5) is 0 Å². The molecule has 0 radical (unpaired) electrons. The van der Waals surface area contributed by atoms with Gasteiger partial charge in [0.25, 0.3) is 0 Å². The zero-order chi connectivity index (χ0) is 7.72. The quantitative estimate of drug-likeness (QED) is 0.514. The molecule has 3 atom stereocenters. The van der Waals surface area contributed by atoms with Crippen molar-refractivity contribution < 1.29 is 15.0 Å². The Balaban J connectivity index is 0.000001000. The van der Waals surface area contributed by atoms with Crippen molar-refractivity contribution in [2.45, 2.75) is 25.0 Å². The first kappa shape index (κ1) is 10.7. The molecule has 1 saturated carbocycles. The van der Waals surface area contributed by atoms with Gasteiger partial charge in [0.2, 0.25) is 0 Å². The van der Waals surface area contributed by atoms with Crippen LogP contribution in [0.15, 0.2) is 0 Å². The van der Waals surface area contributed by atoms with Crippen LogP contribution in [0.3, 0.4) is 0 Å². The summed E-state index contributed by atoms with van der Waals surface area (Å²) < 4.78 is 0. The number of hydrogen-bond acceptors (Lipinski definition) is 3. The fourth-order valence-corrected chi connectivity index (χ4v) is 1.33. The predicted molar refractivity (Wildman–Crippen MR) is 41.6 cm³/mol. The Bertz CT molecular complexity index is 153. The van der Waals surface area contributed by atoms with Gasteiger partial charge in [0.05, 0.1) is 12.0 Å². The number of nitrogens with two attached hydrogens (primary N) is 1. The van der Waals surface area contributed by atoms with Gasteiger partial charge in [-0.15, -0.1) is 12.4 Å². The molecule has 0 aromatic carbocycles. The van der Waals surface area contributed by atoms with E-state index in [1.807, 2.05) is 0 Å². The second-order valence-electron chi connectivity index (χ2n) is 2.73. The summed E-state index contributed by atoms with van der Waals surface area (Å²) in [5.41, 5.74) is 5.43. The smallest absolute Gasteiger partial charge is 0.308 e. The van der Waals surface area contributed by atoms with Gasteiger partial charge >= 0.3 is 5.97 Å². The molecule has 1 rings (SSSR count). The highest BCUT2D eigenvalue weighted by molar-refractivity contribution is 5.85. The summed E-state index contributed by atoms with van der Waals surface area (Å²) in [7, 11) is 0. The van der Waals surface area contributed by atoms with Gasteiger partial charge in [-0.25, -0.2) is 0 Å². The van der Waals surface area contributed by atoms with E-state index in [1.54, 1.807) is 0 Å². The standard InChI is InChI=1S/C6H11NO3.ClH/c7-5-2-3(8)1-4(5)6(9)10;/h3-5,8H,1-2,7H2,(H,9,10);1H. The number of rotatable bonds is 1. The number of aliphatic carboxylic acids is 1. The molecule has 66 valence electrons. The molecule has 1 aliphatic rings. The second-order valence-corrected chi connectivity index (χ2v) is 2.73. The molecule has 0 amide bonds. The first-order valence-electron chi connectivity index (χ1n) is 3.27. The maximum Gasteiger partial charge on any atom is 0.308 e. The number of halogens is 1. The third-order valence-corrected chi connectivity index (χ3v) is 1.90. The van der Waals surface area contributed by atoms with Crippen molar-refractivity contribution >= 4 is 18.4 Å². The molecule has 0 saturated heterocycles. The molecule has 0 aromatic rings. The number of carbonyl (C=O) groups is 1. The largest absolute Gasteiger partial charge is 0.481 e. The lowest BCUT2D eigenvalue weighted by molar-refractivity contribution is -0.142. The molecule has 0 aromatic heterocycles. The zero-order valence-electron chi connectivity index (χ0n) is 5.93. The molecule has 1 fully saturated rings. The van der Waals surface area contributed by atoms with E-state index in [1.165, 1.54) is 0 Å². The highest BCUT2D eigenvalue weighted by Crippen LogP contribution is 2.24. The van der Waals surface area contributed by atoms with Gasteiger partial charge in [-0.1, -0.05) is 0 Å². The highest BCUT2D eigenvalue weighted by atomic mass is 35.5. The second kappa shape index (κ2) is 3.90. The Labute approximate surface area is 70.8 Å². The van der Waals surface area contributed by atoms with Crippen molar-refractivity contribution in [1.82, 2.24) is 0 Å². The van der Waals surface area contributed by atoms with Crippen LogP contribution in [0.2, 0.25) is 0 Å². The average molecular weight is 182 g/mol. The van der Waals surface area contributed by atoms with Crippen molar-refractivity contribution in [2.24, 2.45) is 11.7 Å². The predicted octanol–water partition coefficient (Wildman–Crippen LogP) is -0.409. The summed E-state index contributed by atoms with van der Waals surface area (Å²) in [5, 5.41) is 17.5. The van der Waals surface area contributed by atoms with Crippen molar-refractivity contribution in [3.63, 3.8) is 0 Å². The molecule has 4 N–H and O–H groups in total. The highest BCUT2D eigenvalue weighted by Gasteiger charge is 2.35. The monoisotopic (exact) mass is 181 g/mol. The van der Waals surface area contributed by atoms with Crippen LogP contribution in [-0.2, 0) is 4.79 Å². The Morgan fingerprint density at radius 1 is 1.45 bits per heavy atom. The van der Waals surface area contributed by atoms with E-state index in [-0.39, 0.29) is 18.4 Å². The molecule has 11 heavy (non-hydrogen) atoms. The molecule has 4 nitrogen and oxygen atoms in total. The average Bonchev–Trinajstić information content (AvgIpc) is 2.10. The van der Waals surface area contributed by atoms with Crippen molar-refractivity contribution in [1.29, 1.82) is 0 Å². The van der Waals surface area contributed by atoms with Crippen LogP contribution >= 0.6 is 12.4 Å². The lowest BCUT2D eigenvalue weighted by Crippen LogP contribution is -2.30. The number of carboxylic acids is 1. The number of aliphatic hydroxyl groups is 1. The lowest BCUT2D eigenvalue weighted by atomic mass is 10.1. The van der Waals surface area contributed by atoms with E-state index in [0.717, 1.165) is 0 Å². The maximum absolute atomic E-state index is 10.4. The summed E-state index contributed by atoms with van der Waals surface area (Å²) in [5.74, 6) is -1.45. The number of carboxylic acid groups (broad SMARTS) is 1. The van der Waals surface area contributed by atoms with Crippen LogP contribution in [-0.4, -0.2) is 28.3 Å². The van der Waals surface area contributed by atoms with Crippen LogP contribution in [0, 0.1) is 5.92 Å². The summed E-state index contributed by atoms with van der Waals surface area (Å²) in [6.07, 6.45) is 0.198. The van der Waals surface area contributed by atoms with Crippen molar-refractivity contribution in [3.8, 4) is 0 Å². The minimum atomic E-state index is -0.899. The molecular formula is C6H12ClNO3. The van der Waals surface area contributed by atoms with Crippen LogP contribution in [0.1, 0.15) is 12.8 Å². The molecule has 0 heterocycles. The Hall–Kier alpha value is -0.320. The summed E-state index contributed by atoms with van der Waals surface area (Å²) in [4.78, 5) is 10.4. The van der Waals surface area contributed by atoms with Crippen LogP contribution in [0.5, 0.6) is 0 Å². The summed E-state index contributed by atoms with van der Waals surface area (Å²) in [6, 6.07) is -0.368. The Morgan fingerprint density at radius 2 is 2.00 bits per heavy atom. The Kier molecular flexibility index (Phi) is 3.78. The van der Waals surface area contributed by atoms with E-state index in [4.69, 9.17) is 15.9 Å². The molecule has 0 bridgehead atoms. The van der Waals surface area contributed by atoms with Gasteiger partial charge < -0.3 is 15.9 Å². The van der Waals surface area contributed by atoms with E-state index in [0.29, 0.717) is 12.8 Å². The third kappa shape index (κ3) is 2.32. The fraction of sp³-hybridized carbons (Fsp3) is 0.833. The normalized spacial score (nSPS) is 36.4. The molecule has 0 aliphatic heterocycles. The topological polar surface area (TPSA) is 83.5 Å². The molecule has 3 unspecified atom stereocenters.